The van der Waals surface area contributed by atoms with Crippen LogP contribution < -0.4 is 0 Å². The van der Waals surface area contributed by atoms with E-state index in [9.17, 15) is 20.0 Å². The lowest BCUT2D eigenvalue weighted by Gasteiger charge is -2.35. The molecule has 0 unspecified atom stereocenters. The average Bonchev–Trinajstić information content (AvgIpc) is 2.37. The van der Waals surface area contributed by atoms with Gasteiger partial charge >= 0.3 is 0 Å². The Morgan fingerprint density at radius 3 is 2.70 bits per heavy atom. The zero-order valence-electron chi connectivity index (χ0n) is 10.9. The molecule has 1 aromatic rings. The summed E-state index contributed by atoms with van der Waals surface area (Å²) in [5, 5.41) is 20.8. The Bertz CT molecular complexity index is 552. The van der Waals surface area contributed by atoms with E-state index in [1.54, 1.807) is 6.92 Å². The van der Waals surface area contributed by atoms with Crippen molar-refractivity contribution in [2.75, 3.05) is 13.1 Å². The molecule has 1 amide bonds. The summed E-state index contributed by atoms with van der Waals surface area (Å²) in [5.74, 6) is -0.462. The molecule has 1 fully saturated rings. The second kappa shape index (κ2) is 5.34. The van der Waals surface area contributed by atoms with Crippen LogP contribution in [0.5, 0.6) is 0 Å². The number of halogens is 1. The largest absolute Gasteiger partial charge is 0.390 e. The average molecular weight is 300 g/mol. The zero-order chi connectivity index (χ0) is 14.9. The topological polar surface area (TPSA) is 96.6 Å². The van der Waals surface area contributed by atoms with E-state index in [0.717, 1.165) is 6.20 Å². The summed E-state index contributed by atoms with van der Waals surface area (Å²) in [6.45, 7) is 2.41. The highest BCUT2D eigenvalue weighted by Gasteiger charge is 2.32. The Hall–Kier alpha value is -1.73. The summed E-state index contributed by atoms with van der Waals surface area (Å²) in [7, 11) is 0. The fourth-order valence-corrected chi connectivity index (χ4v) is 2.26. The van der Waals surface area contributed by atoms with Crippen molar-refractivity contribution in [2.45, 2.75) is 25.4 Å². The van der Waals surface area contributed by atoms with Crippen molar-refractivity contribution in [1.82, 2.24) is 9.88 Å². The minimum absolute atomic E-state index is 0.0305. The SMILES string of the molecule is CC1(O)CCN(C(=O)c2cc(Cl)ncc2[N+](=O)[O-])CC1. The molecule has 1 aliphatic heterocycles. The van der Waals surface area contributed by atoms with Gasteiger partial charge in [0.05, 0.1) is 10.5 Å². The van der Waals surface area contributed by atoms with Gasteiger partial charge in [-0.2, -0.15) is 0 Å². The molecule has 0 saturated carbocycles. The van der Waals surface area contributed by atoms with Gasteiger partial charge in [-0.05, 0) is 25.8 Å². The quantitative estimate of drug-likeness (QED) is 0.508. The predicted molar refractivity (Wildman–Crippen MR) is 71.7 cm³/mol. The van der Waals surface area contributed by atoms with Crippen LogP contribution >= 0.6 is 11.6 Å². The number of likely N-dealkylation sites (tertiary alicyclic amines) is 1. The summed E-state index contributed by atoms with van der Waals surface area (Å²) in [6.07, 6.45) is 1.85. The van der Waals surface area contributed by atoms with Gasteiger partial charge in [-0.15, -0.1) is 0 Å². The molecule has 0 aromatic carbocycles. The molecule has 2 heterocycles. The maximum Gasteiger partial charge on any atom is 0.300 e. The molecule has 1 N–H and O–H groups in total. The smallest absolute Gasteiger partial charge is 0.300 e. The van der Waals surface area contributed by atoms with Gasteiger partial charge in [0.25, 0.3) is 11.6 Å². The summed E-state index contributed by atoms with van der Waals surface area (Å²) < 4.78 is 0. The fourth-order valence-electron chi connectivity index (χ4n) is 2.10. The number of nitrogens with zero attached hydrogens (tertiary/aromatic N) is 3. The predicted octanol–water partition coefficient (Wildman–Crippen LogP) is 1.63. The number of pyridine rings is 1. The summed E-state index contributed by atoms with van der Waals surface area (Å²) in [4.78, 5) is 27.7. The van der Waals surface area contributed by atoms with Crippen molar-refractivity contribution in [1.29, 1.82) is 0 Å². The highest BCUT2D eigenvalue weighted by atomic mass is 35.5. The monoisotopic (exact) mass is 299 g/mol. The van der Waals surface area contributed by atoms with Gasteiger partial charge in [-0.3, -0.25) is 14.9 Å². The zero-order valence-corrected chi connectivity index (χ0v) is 11.6. The molecule has 0 aliphatic carbocycles. The number of hydrogen-bond acceptors (Lipinski definition) is 5. The van der Waals surface area contributed by atoms with E-state index >= 15 is 0 Å². The van der Waals surface area contributed by atoms with Crippen molar-refractivity contribution in [3.05, 3.63) is 33.1 Å². The summed E-state index contributed by atoms with van der Waals surface area (Å²) in [6, 6.07) is 1.20. The molecule has 0 atom stereocenters. The van der Waals surface area contributed by atoms with Crippen LogP contribution in [-0.2, 0) is 0 Å². The third kappa shape index (κ3) is 3.05. The molecule has 1 saturated heterocycles. The minimum Gasteiger partial charge on any atom is -0.390 e. The van der Waals surface area contributed by atoms with Gasteiger partial charge in [-0.1, -0.05) is 11.6 Å². The van der Waals surface area contributed by atoms with E-state index in [4.69, 9.17) is 11.6 Å². The maximum atomic E-state index is 12.3. The molecular formula is C12H14ClN3O4. The van der Waals surface area contributed by atoms with E-state index in [2.05, 4.69) is 4.98 Å². The second-order valence-electron chi connectivity index (χ2n) is 5.07. The molecule has 7 nitrogen and oxygen atoms in total. The van der Waals surface area contributed by atoms with Gasteiger partial charge < -0.3 is 10.0 Å². The number of amides is 1. The van der Waals surface area contributed by atoms with Crippen LogP contribution in [0, 0.1) is 10.1 Å². The van der Waals surface area contributed by atoms with Gasteiger partial charge in [0.1, 0.15) is 16.9 Å². The number of hydrogen-bond donors (Lipinski definition) is 1. The molecular weight excluding hydrogens is 286 g/mol. The Morgan fingerprint density at radius 2 is 2.15 bits per heavy atom. The van der Waals surface area contributed by atoms with Crippen LogP contribution in [0.2, 0.25) is 5.15 Å². The normalized spacial score (nSPS) is 17.9. The lowest BCUT2D eigenvalue weighted by atomic mass is 9.93. The molecule has 1 aromatic heterocycles. The highest BCUT2D eigenvalue weighted by molar-refractivity contribution is 6.29. The van der Waals surface area contributed by atoms with E-state index in [-0.39, 0.29) is 16.4 Å². The number of nitro groups is 1. The van der Waals surface area contributed by atoms with E-state index < -0.39 is 16.4 Å². The first-order valence-corrected chi connectivity index (χ1v) is 6.49. The van der Waals surface area contributed by atoms with Crippen LogP contribution in [0.4, 0.5) is 5.69 Å². The van der Waals surface area contributed by atoms with E-state index in [1.165, 1.54) is 11.0 Å². The number of carbonyl (C=O) groups is 1. The lowest BCUT2D eigenvalue weighted by molar-refractivity contribution is -0.385. The first-order chi connectivity index (χ1) is 9.30. The number of carbonyl (C=O) groups excluding carboxylic acids is 1. The number of aromatic nitrogens is 1. The van der Waals surface area contributed by atoms with Crippen molar-refractivity contribution in [2.24, 2.45) is 0 Å². The molecule has 20 heavy (non-hydrogen) atoms. The van der Waals surface area contributed by atoms with Crippen molar-refractivity contribution < 1.29 is 14.8 Å². The standard InChI is InChI=1S/C12H14ClN3O4/c1-12(18)2-4-15(5-3-12)11(17)8-6-10(13)14-7-9(8)16(19)20/h6-7,18H,2-5H2,1H3. The number of aliphatic hydroxyl groups is 1. The molecule has 0 radical (unpaired) electrons. The Kier molecular flexibility index (Phi) is 3.92. The molecule has 0 spiro atoms. The fraction of sp³-hybridized carbons (Fsp3) is 0.500. The maximum absolute atomic E-state index is 12.3. The van der Waals surface area contributed by atoms with Gasteiger partial charge in [0.2, 0.25) is 0 Å². The van der Waals surface area contributed by atoms with Gasteiger partial charge in [0.15, 0.2) is 0 Å². The molecule has 108 valence electrons. The summed E-state index contributed by atoms with van der Waals surface area (Å²) >= 11 is 5.71. The van der Waals surface area contributed by atoms with Gasteiger partial charge in [0, 0.05) is 13.1 Å². The number of piperidine rings is 1. The molecule has 2 rings (SSSR count). The summed E-state index contributed by atoms with van der Waals surface area (Å²) in [5.41, 5.74) is -1.23. The molecule has 0 bridgehead atoms. The van der Waals surface area contributed by atoms with E-state index in [1.807, 2.05) is 0 Å². The van der Waals surface area contributed by atoms with Gasteiger partial charge in [-0.25, -0.2) is 4.98 Å². The first-order valence-electron chi connectivity index (χ1n) is 6.12. The van der Waals surface area contributed by atoms with E-state index in [0.29, 0.717) is 25.9 Å². The van der Waals surface area contributed by atoms with Crippen LogP contribution in [0.3, 0.4) is 0 Å². The Balaban J connectivity index is 2.25. The molecule has 1 aliphatic rings. The first kappa shape index (κ1) is 14.7. The third-order valence-electron chi connectivity index (χ3n) is 3.40. The van der Waals surface area contributed by atoms with Crippen LogP contribution in [-0.4, -0.2) is 44.5 Å². The molecule has 8 heteroatoms. The van der Waals surface area contributed by atoms with Crippen molar-refractivity contribution in [3.8, 4) is 0 Å². The third-order valence-corrected chi connectivity index (χ3v) is 3.61. The lowest BCUT2D eigenvalue weighted by Crippen LogP contribution is -2.45. The second-order valence-corrected chi connectivity index (χ2v) is 5.46. The van der Waals surface area contributed by atoms with Crippen molar-refractivity contribution in [3.63, 3.8) is 0 Å². The minimum atomic E-state index is -0.793. The van der Waals surface area contributed by atoms with Crippen LogP contribution in [0.15, 0.2) is 12.3 Å². The van der Waals surface area contributed by atoms with Crippen LogP contribution in [0.25, 0.3) is 0 Å². The van der Waals surface area contributed by atoms with Crippen LogP contribution in [0.1, 0.15) is 30.1 Å². The Morgan fingerprint density at radius 1 is 1.55 bits per heavy atom. The number of rotatable bonds is 2. The highest BCUT2D eigenvalue weighted by Crippen LogP contribution is 2.26. The van der Waals surface area contributed by atoms with Crippen molar-refractivity contribution >= 4 is 23.2 Å². The Labute approximate surface area is 120 Å².